The Morgan fingerprint density at radius 3 is 2.53 bits per heavy atom. The number of nitrogens with zero attached hydrogens (tertiary/aromatic N) is 2. The predicted octanol–water partition coefficient (Wildman–Crippen LogP) is 2.61. The highest BCUT2D eigenvalue weighted by molar-refractivity contribution is 7.15. The van der Waals surface area contributed by atoms with Crippen molar-refractivity contribution in [3.05, 3.63) is 9.47 Å². The molecule has 0 radical (unpaired) electrons. The first-order valence-electron chi connectivity index (χ1n) is 3.63. The van der Waals surface area contributed by atoms with Crippen LogP contribution in [-0.4, -0.2) is 29.2 Å². The van der Waals surface area contributed by atoms with Crippen molar-refractivity contribution in [3.63, 3.8) is 0 Å². The first-order valence-corrected chi connectivity index (χ1v) is 4.83. The SMILES string of the molecule is FC(F)C(F)(F)COCc1nnc(Cl)s1. The van der Waals surface area contributed by atoms with E-state index in [4.69, 9.17) is 11.6 Å². The molecule has 0 aliphatic rings. The van der Waals surface area contributed by atoms with Gasteiger partial charge in [-0.15, -0.1) is 10.2 Å². The molecule has 0 aliphatic heterocycles. The van der Waals surface area contributed by atoms with Gasteiger partial charge in [-0.05, 0) is 11.6 Å². The van der Waals surface area contributed by atoms with Crippen LogP contribution in [0.2, 0.25) is 4.47 Å². The Morgan fingerprint density at radius 1 is 1.40 bits per heavy atom. The summed E-state index contributed by atoms with van der Waals surface area (Å²) in [4.78, 5) is 0. The van der Waals surface area contributed by atoms with Crippen LogP contribution in [0.1, 0.15) is 5.01 Å². The molecule has 1 rings (SSSR count). The van der Waals surface area contributed by atoms with E-state index in [-0.39, 0.29) is 16.1 Å². The highest BCUT2D eigenvalue weighted by Crippen LogP contribution is 2.23. The topological polar surface area (TPSA) is 35.0 Å². The van der Waals surface area contributed by atoms with E-state index in [0.29, 0.717) is 0 Å². The van der Waals surface area contributed by atoms with Gasteiger partial charge in [-0.3, -0.25) is 0 Å². The van der Waals surface area contributed by atoms with Gasteiger partial charge in [0, 0.05) is 0 Å². The lowest BCUT2D eigenvalue weighted by atomic mass is 10.4. The number of aromatic nitrogens is 2. The van der Waals surface area contributed by atoms with Crippen LogP contribution in [0, 0.1) is 0 Å². The molecule has 0 amide bonds. The van der Waals surface area contributed by atoms with E-state index in [2.05, 4.69) is 14.9 Å². The molecular weight excluding hydrogens is 260 g/mol. The molecule has 0 spiro atoms. The average molecular weight is 265 g/mol. The van der Waals surface area contributed by atoms with Crippen LogP contribution >= 0.6 is 22.9 Å². The third-order valence-corrected chi connectivity index (χ3v) is 2.27. The van der Waals surface area contributed by atoms with Crippen molar-refractivity contribution in [2.24, 2.45) is 0 Å². The fraction of sp³-hybridized carbons (Fsp3) is 0.667. The Balaban J connectivity index is 2.33. The second-order valence-corrected chi connectivity index (χ2v) is 4.15. The zero-order valence-electron chi connectivity index (χ0n) is 7.09. The highest BCUT2D eigenvalue weighted by Gasteiger charge is 2.40. The van der Waals surface area contributed by atoms with Crippen LogP contribution in [0.4, 0.5) is 17.6 Å². The first kappa shape index (κ1) is 12.6. The van der Waals surface area contributed by atoms with E-state index >= 15 is 0 Å². The third-order valence-electron chi connectivity index (χ3n) is 1.28. The minimum absolute atomic E-state index is 0.134. The summed E-state index contributed by atoms with van der Waals surface area (Å²) in [6.07, 6.45) is -3.74. The molecule has 0 aromatic carbocycles. The molecule has 0 aliphatic carbocycles. The highest BCUT2D eigenvalue weighted by atomic mass is 35.5. The monoisotopic (exact) mass is 264 g/mol. The molecule has 3 nitrogen and oxygen atoms in total. The standard InChI is InChI=1S/C6H5ClF4N2OS/c7-5-13-12-3(15-5)1-14-2-6(10,11)4(8)9/h4H,1-2H2. The number of hydrogen-bond acceptors (Lipinski definition) is 4. The van der Waals surface area contributed by atoms with Crippen LogP contribution in [0.3, 0.4) is 0 Å². The summed E-state index contributed by atoms with van der Waals surface area (Å²) in [6.45, 7) is -1.67. The van der Waals surface area contributed by atoms with E-state index in [9.17, 15) is 17.6 Å². The van der Waals surface area contributed by atoms with Crippen molar-refractivity contribution >= 4 is 22.9 Å². The van der Waals surface area contributed by atoms with E-state index in [1.165, 1.54) is 0 Å². The Hall–Kier alpha value is -0.470. The molecule has 0 bridgehead atoms. The van der Waals surface area contributed by atoms with Crippen molar-refractivity contribution < 1.29 is 22.3 Å². The summed E-state index contributed by atoms with van der Waals surface area (Å²) in [5, 5.41) is 7.10. The normalized spacial score (nSPS) is 12.4. The number of ether oxygens (including phenoxy) is 1. The maximum absolute atomic E-state index is 12.3. The minimum Gasteiger partial charge on any atom is -0.368 e. The van der Waals surface area contributed by atoms with E-state index in [0.717, 1.165) is 11.3 Å². The second kappa shape index (κ2) is 5.04. The molecule has 0 saturated heterocycles. The van der Waals surface area contributed by atoms with Crippen molar-refractivity contribution in [1.82, 2.24) is 10.2 Å². The van der Waals surface area contributed by atoms with Crippen molar-refractivity contribution in [1.29, 1.82) is 0 Å². The number of alkyl halides is 4. The first-order chi connectivity index (χ1) is 6.92. The predicted molar refractivity (Wildman–Crippen MR) is 45.5 cm³/mol. The molecule has 9 heteroatoms. The Bertz CT molecular complexity index is 322. The summed E-state index contributed by atoms with van der Waals surface area (Å²) in [7, 11) is 0. The van der Waals surface area contributed by atoms with Crippen LogP contribution in [0.15, 0.2) is 0 Å². The lowest BCUT2D eigenvalue weighted by Gasteiger charge is -2.14. The van der Waals surface area contributed by atoms with Gasteiger partial charge in [-0.25, -0.2) is 8.78 Å². The number of hydrogen-bond donors (Lipinski definition) is 0. The number of halogens is 5. The Kier molecular flexibility index (Phi) is 4.23. The molecule has 1 aromatic heterocycles. The van der Waals surface area contributed by atoms with Gasteiger partial charge in [0.2, 0.25) is 4.47 Å². The van der Waals surface area contributed by atoms with Gasteiger partial charge in [0.05, 0.1) is 0 Å². The molecule has 0 atom stereocenters. The largest absolute Gasteiger partial charge is 0.368 e. The van der Waals surface area contributed by atoms with Crippen molar-refractivity contribution in [2.45, 2.75) is 19.0 Å². The van der Waals surface area contributed by atoms with E-state index in [1.54, 1.807) is 0 Å². The fourth-order valence-electron chi connectivity index (χ4n) is 0.629. The van der Waals surface area contributed by atoms with Crippen LogP contribution in [0.25, 0.3) is 0 Å². The average Bonchev–Trinajstić information content (AvgIpc) is 2.51. The van der Waals surface area contributed by atoms with E-state index in [1.807, 2.05) is 0 Å². The van der Waals surface area contributed by atoms with Crippen LogP contribution in [-0.2, 0) is 11.3 Å². The Morgan fingerprint density at radius 2 is 2.07 bits per heavy atom. The van der Waals surface area contributed by atoms with Crippen LogP contribution < -0.4 is 0 Å². The summed E-state index contributed by atoms with van der Waals surface area (Å²) < 4.78 is 52.5. The number of rotatable bonds is 5. The van der Waals surface area contributed by atoms with Gasteiger partial charge >= 0.3 is 12.3 Å². The summed E-state index contributed by atoms with van der Waals surface area (Å²) in [5.74, 6) is -4.14. The van der Waals surface area contributed by atoms with Crippen molar-refractivity contribution in [2.75, 3.05) is 6.61 Å². The third kappa shape index (κ3) is 3.88. The second-order valence-electron chi connectivity index (χ2n) is 2.50. The lowest BCUT2D eigenvalue weighted by Crippen LogP contribution is -2.32. The van der Waals surface area contributed by atoms with Gasteiger partial charge in [-0.1, -0.05) is 11.3 Å². The van der Waals surface area contributed by atoms with E-state index < -0.39 is 19.0 Å². The van der Waals surface area contributed by atoms with Gasteiger partial charge in [0.25, 0.3) is 0 Å². The molecular formula is C6H5ClF4N2OS. The lowest BCUT2D eigenvalue weighted by molar-refractivity contribution is -0.168. The molecule has 0 fully saturated rings. The smallest absolute Gasteiger partial charge is 0.330 e. The van der Waals surface area contributed by atoms with Gasteiger partial charge in [0.15, 0.2) is 0 Å². The molecule has 15 heavy (non-hydrogen) atoms. The molecule has 1 heterocycles. The van der Waals surface area contributed by atoms with Crippen molar-refractivity contribution in [3.8, 4) is 0 Å². The van der Waals surface area contributed by atoms with Gasteiger partial charge < -0.3 is 4.74 Å². The zero-order chi connectivity index (χ0) is 11.5. The maximum atomic E-state index is 12.3. The molecule has 0 unspecified atom stereocenters. The maximum Gasteiger partial charge on any atom is 0.330 e. The summed E-state index contributed by atoms with van der Waals surface area (Å²) >= 11 is 6.33. The van der Waals surface area contributed by atoms with Crippen LogP contribution in [0.5, 0.6) is 0 Å². The molecule has 1 aromatic rings. The fourth-order valence-corrected chi connectivity index (χ4v) is 1.43. The Labute approximate surface area is 91.0 Å². The molecule has 86 valence electrons. The minimum atomic E-state index is -4.14. The quantitative estimate of drug-likeness (QED) is 0.767. The van der Waals surface area contributed by atoms with Gasteiger partial charge in [-0.2, -0.15) is 8.78 Å². The molecule has 0 saturated carbocycles. The molecule has 0 N–H and O–H groups in total. The van der Waals surface area contributed by atoms with Gasteiger partial charge in [0.1, 0.15) is 18.2 Å². The summed E-state index contributed by atoms with van der Waals surface area (Å²) in [5.41, 5.74) is 0. The summed E-state index contributed by atoms with van der Waals surface area (Å²) in [6, 6.07) is 0. The zero-order valence-corrected chi connectivity index (χ0v) is 8.66.